The van der Waals surface area contributed by atoms with Crippen molar-refractivity contribution in [2.75, 3.05) is 24.2 Å². The molecule has 170 valence electrons. The molecular formula is C26H22FN5OS. The van der Waals surface area contributed by atoms with Crippen LogP contribution in [0.4, 0.5) is 10.2 Å². The third-order valence-corrected chi connectivity index (χ3v) is 7.62. The van der Waals surface area contributed by atoms with Crippen LogP contribution < -0.4 is 4.90 Å². The lowest BCUT2D eigenvalue weighted by Crippen LogP contribution is -2.37. The highest BCUT2D eigenvalue weighted by Crippen LogP contribution is 2.41. The molecule has 6 nitrogen and oxygen atoms in total. The van der Waals surface area contributed by atoms with Crippen LogP contribution in [0, 0.1) is 29.0 Å². The van der Waals surface area contributed by atoms with Crippen LogP contribution in [0.15, 0.2) is 41.7 Å². The Labute approximate surface area is 200 Å². The zero-order valence-corrected chi connectivity index (χ0v) is 19.4. The lowest BCUT2D eigenvalue weighted by atomic mass is 9.96. The van der Waals surface area contributed by atoms with E-state index in [9.17, 15) is 10.4 Å². The standard InChI is InChI=1S/C26H22FN5OS/c1-34-26-30-24-20(25(31-26)32-12-14-5-6-15(7-14)13-32)11-29-23(22(24)27)19-9-18(33)8-16-3-2-4-17(10-28)21(16)19/h2-4,8-9,11,14-15,33H,5-7,12-13H2,1H3. The molecule has 2 atom stereocenters. The smallest absolute Gasteiger partial charge is 0.189 e. The van der Waals surface area contributed by atoms with E-state index in [1.54, 1.807) is 30.5 Å². The highest BCUT2D eigenvalue weighted by atomic mass is 32.2. The molecule has 1 N–H and O–H groups in total. The molecule has 2 fully saturated rings. The topological polar surface area (TPSA) is 85.9 Å². The molecule has 3 heterocycles. The van der Waals surface area contributed by atoms with Crippen molar-refractivity contribution < 1.29 is 9.50 Å². The normalized spacial score (nSPS) is 19.6. The van der Waals surface area contributed by atoms with Crippen LogP contribution in [0.25, 0.3) is 32.9 Å². The van der Waals surface area contributed by atoms with Crippen molar-refractivity contribution >= 4 is 39.3 Å². The van der Waals surface area contributed by atoms with Crippen molar-refractivity contribution in [3.63, 3.8) is 0 Å². The van der Waals surface area contributed by atoms with Gasteiger partial charge in [0, 0.05) is 30.2 Å². The Bertz CT molecular complexity index is 1490. The number of anilines is 1. The summed E-state index contributed by atoms with van der Waals surface area (Å²) in [6, 6.07) is 10.4. The molecule has 2 aliphatic rings. The number of thioether (sulfide) groups is 1. The van der Waals surface area contributed by atoms with Crippen LogP contribution >= 0.6 is 11.8 Å². The molecule has 2 unspecified atom stereocenters. The van der Waals surface area contributed by atoms with Gasteiger partial charge < -0.3 is 10.0 Å². The average molecular weight is 472 g/mol. The van der Waals surface area contributed by atoms with Gasteiger partial charge in [-0.3, -0.25) is 4.98 Å². The highest BCUT2D eigenvalue weighted by Gasteiger charge is 2.34. The molecule has 0 spiro atoms. The molecule has 8 heteroatoms. The minimum Gasteiger partial charge on any atom is -0.508 e. The number of piperidine rings is 1. The summed E-state index contributed by atoms with van der Waals surface area (Å²) in [7, 11) is 0. The lowest BCUT2D eigenvalue weighted by molar-refractivity contribution is 0.419. The van der Waals surface area contributed by atoms with Gasteiger partial charge in [0.05, 0.1) is 17.0 Å². The number of aromatic hydroxyl groups is 1. The van der Waals surface area contributed by atoms with Gasteiger partial charge >= 0.3 is 0 Å². The largest absolute Gasteiger partial charge is 0.508 e. The number of halogens is 1. The minimum atomic E-state index is -0.573. The van der Waals surface area contributed by atoms with Crippen molar-refractivity contribution in [3.05, 3.63) is 47.9 Å². The zero-order chi connectivity index (χ0) is 23.4. The maximum absolute atomic E-state index is 16.1. The van der Waals surface area contributed by atoms with Gasteiger partial charge in [0.25, 0.3) is 0 Å². The number of nitrogens with zero attached hydrogens (tertiary/aromatic N) is 5. The summed E-state index contributed by atoms with van der Waals surface area (Å²) in [5.74, 6) is 1.46. The fourth-order valence-corrected chi connectivity index (χ4v) is 5.98. The molecule has 0 amide bonds. The van der Waals surface area contributed by atoms with Gasteiger partial charge in [0.1, 0.15) is 22.8 Å². The second-order valence-corrected chi connectivity index (χ2v) is 9.95. The zero-order valence-electron chi connectivity index (χ0n) is 18.6. The molecule has 6 rings (SSSR count). The Morgan fingerprint density at radius 1 is 1.18 bits per heavy atom. The first-order valence-corrected chi connectivity index (χ1v) is 12.6. The monoisotopic (exact) mass is 471 g/mol. The van der Waals surface area contributed by atoms with E-state index in [-0.39, 0.29) is 17.0 Å². The number of fused-ring (bicyclic) bond motifs is 4. The molecule has 2 aromatic carbocycles. The summed E-state index contributed by atoms with van der Waals surface area (Å²) in [6.07, 6.45) is 7.25. The number of hydrogen-bond acceptors (Lipinski definition) is 7. The fraction of sp³-hybridized carbons (Fsp3) is 0.308. The van der Waals surface area contributed by atoms with E-state index in [1.165, 1.54) is 37.1 Å². The number of phenols is 1. The van der Waals surface area contributed by atoms with Crippen LogP contribution in [0.2, 0.25) is 0 Å². The SMILES string of the molecule is CSc1nc(N2CC3CCC(C3)C2)c2cnc(-c3cc(O)cc4cccc(C#N)c34)c(F)c2n1. The Morgan fingerprint density at radius 3 is 2.71 bits per heavy atom. The molecule has 1 saturated carbocycles. The van der Waals surface area contributed by atoms with E-state index in [0.29, 0.717) is 44.3 Å². The summed E-state index contributed by atoms with van der Waals surface area (Å²) in [4.78, 5) is 16.0. The molecule has 2 bridgehead atoms. The van der Waals surface area contributed by atoms with Crippen LogP contribution in [-0.4, -0.2) is 39.4 Å². The summed E-state index contributed by atoms with van der Waals surface area (Å²) < 4.78 is 16.1. The van der Waals surface area contributed by atoms with E-state index in [2.05, 4.69) is 20.9 Å². The number of nitriles is 1. The number of rotatable bonds is 3. The number of phenolic OH excluding ortho intramolecular Hbond substituents is 1. The third kappa shape index (κ3) is 3.34. The predicted molar refractivity (Wildman–Crippen MR) is 131 cm³/mol. The van der Waals surface area contributed by atoms with Crippen molar-refractivity contribution in [1.29, 1.82) is 5.26 Å². The molecule has 34 heavy (non-hydrogen) atoms. The van der Waals surface area contributed by atoms with E-state index < -0.39 is 5.82 Å². The molecule has 1 aliphatic carbocycles. The van der Waals surface area contributed by atoms with Crippen molar-refractivity contribution in [2.24, 2.45) is 11.8 Å². The van der Waals surface area contributed by atoms with Crippen molar-refractivity contribution in [3.8, 4) is 23.1 Å². The van der Waals surface area contributed by atoms with Gasteiger partial charge in [-0.15, -0.1) is 0 Å². The van der Waals surface area contributed by atoms with E-state index >= 15 is 4.39 Å². The Morgan fingerprint density at radius 2 is 1.97 bits per heavy atom. The number of benzene rings is 2. The Kier molecular flexibility index (Phi) is 5.03. The molecule has 4 aromatic rings. The van der Waals surface area contributed by atoms with Crippen molar-refractivity contribution in [2.45, 2.75) is 24.4 Å². The second-order valence-electron chi connectivity index (χ2n) is 9.18. The molecule has 2 aromatic heterocycles. The summed E-state index contributed by atoms with van der Waals surface area (Å²) in [5, 5.41) is 22.3. The van der Waals surface area contributed by atoms with Crippen LogP contribution in [0.3, 0.4) is 0 Å². The predicted octanol–water partition coefficient (Wildman–Crippen LogP) is 5.52. The summed E-state index contributed by atoms with van der Waals surface area (Å²) in [5.41, 5.74) is 1.04. The number of hydrogen-bond donors (Lipinski definition) is 1. The van der Waals surface area contributed by atoms with Crippen LogP contribution in [0.1, 0.15) is 24.8 Å². The molecule has 1 aliphatic heterocycles. The maximum atomic E-state index is 16.1. The first-order valence-electron chi connectivity index (χ1n) is 11.4. The first kappa shape index (κ1) is 21.1. The molecule has 0 radical (unpaired) electrons. The quantitative estimate of drug-likeness (QED) is 0.311. The van der Waals surface area contributed by atoms with Gasteiger partial charge in [-0.1, -0.05) is 23.9 Å². The van der Waals surface area contributed by atoms with Gasteiger partial charge in [-0.05, 0) is 60.9 Å². The van der Waals surface area contributed by atoms with E-state index in [1.807, 2.05) is 6.26 Å². The Balaban J connectivity index is 1.58. The highest BCUT2D eigenvalue weighted by molar-refractivity contribution is 7.98. The minimum absolute atomic E-state index is 0.0177. The average Bonchev–Trinajstić information content (AvgIpc) is 3.20. The number of pyridine rings is 1. The summed E-state index contributed by atoms with van der Waals surface area (Å²) in [6.45, 7) is 1.84. The van der Waals surface area contributed by atoms with Gasteiger partial charge in [0.15, 0.2) is 11.0 Å². The number of aromatic nitrogens is 3. The van der Waals surface area contributed by atoms with Gasteiger partial charge in [-0.2, -0.15) is 5.26 Å². The Hall–Kier alpha value is -3.44. The van der Waals surface area contributed by atoms with Crippen LogP contribution in [0.5, 0.6) is 5.75 Å². The molecular weight excluding hydrogens is 449 g/mol. The summed E-state index contributed by atoms with van der Waals surface area (Å²) >= 11 is 1.38. The fourth-order valence-electron chi connectivity index (χ4n) is 5.61. The van der Waals surface area contributed by atoms with Crippen LogP contribution in [-0.2, 0) is 0 Å². The second kappa shape index (κ2) is 8.10. The first-order chi connectivity index (χ1) is 16.6. The van der Waals surface area contributed by atoms with Gasteiger partial charge in [0.2, 0.25) is 0 Å². The van der Waals surface area contributed by atoms with Crippen molar-refractivity contribution in [1.82, 2.24) is 15.0 Å². The third-order valence-electron chi connectivity index (χ3n) is 7.07. The molecule has 1 saturated heterocycles. The van der Waals surface area contributed by atoms with Gasteiger partial charge in [-0.25, -0.2) is 14.4 Å². The maximum Gasteiger partial charge on any atom is 0.189 e. The van der Waals surface area contributed by atoms with E-state index in [4.69, 9.17) is 4.98 Å². The lowest BCUT2D eigenvalue weighted by Gasteiger charge is -2.33. The van der Waals surface area contributed by atoms with E-state index in [0.717, 1.165) is 18.9 Å².